The van der Waals surface area contributed by atoms with Crippen molar-refractivity contribution in [1.29, 1.82) is 0 Å². The van der Waals surface area contributed by atoms with Crippen molar-refractivity contribution in [3.8, 4) is 0 Å². The molecule has 16 heavy (non-hydrogen) atoms. The maximum atomic E-state index is 13.3. The van der Waals surface area contributed by atoms with Crippen molar-refractivity contribution < 1.29 is 9.50 Å². The predicted molar refractivity (Wildman–Crippen MR) is 60.7 cm³/mol. The van der Waals surface area contributed by atoms with Gasteiger partial charge in [-0.15, -0.1) is 0 Å². The second-order valence-corrected chi connectivity index (χ2v) is 4.47. The van der Waals surface area contributed by atoms with E-state index in [1.54, 1.807) is 6.07 Å². The van der Waals surface area contributed by atoms with Crippen LogP contribution in [-0.2, 0) is 0 Å². The molecule has 3 nitrogen and oxygen atoms in total. The van der Waals surface area contributed by atoms with Gasteiger partial charge < -0.3 is 10.4 Å². The first kappa shape index (κ1) is 11.3. The van der Waals surface area contributed by atoms with Gasteiger partial charge in [0.05, 0.1) is 5.60 Å². The maximum absolute atomic E-state index is 13.3. The lowest BCUT2D eigenvalue weighted by molar-refractivity contribution is 0.0166. The van der Waals surface area contributed by atoms with Gasteiger partial charge in [0.1, 0.15) is 0 Å². The quantitative estimate of drug-likeness (QED) is 0.828. The third kappa shape index (κ3) is 2.70. The van der Waals surface area contributed by atoms with Crippen molar-refractivity contribution >= 4 is 5.82 Å². The van der Waals surface area contributed by atoms with Crippen LogP contribution < -0.4 is 5.32 Å². The largest absolute Gasteiger partial charge is 0.388 e. The molecule has 1 aromatic rings. The summed E-state index contributed by atoms with van der Waals surface area (Å²) in [7, 11) is 0. The van der Waals surface area contributed by atoms with Crippen LogP contribution in [0, 0.1) is 5.82 Å². The van der Waals surface area contributed by atoms with Gasteiger partial charge in [0.25, 0.3) is 0 Å². The summed E-state index contributed by atoms with van der Waals surface area (Å²) in [6.45, 7) is 0.376. The second-order valence-electron chi connectivity index (χ2n) is 4.47. The van der Waals surface area contributed by atoms with E-state index in [4.69, 9.17) is 0 Å². The number of halogens is 1. The average Bonchev–Trinajstić information content (AvgIpc) is 2.29. The fraction of sp³-hybridized carbons (Fsp3) is 0.583. The highest BCUT2D eigenvalue weighted by Gasteiger charge is 2.29. The molecule has 0 unspecified atom stereocenters. The van der Waals surface area contributed by atoms with Crippen molar-refractivity contribution in [2.24, 2.45) is 0 Å². The Kier molecular flexibility index (Phi) is 3.39. The highest BCUT2D eigenvalue weighted by molar-refractivity contribution is 5.35. The summed E-state index contributed by atoms with van der Waals surface area (Å²) in [6.07, 6.45) is 6.38. The highest BCUT2D eigenvalue weighted by Crippen LogP contribution is 2.28. The van der Waals surface area contributed by atoms with Crippen LogP contribution in [0.1, 0.15) is 32.1 Å². The summed E-state index contributed by atoms with van der Waals surface area (Å²) in [5, 5.41) is 13.1. The Morgan fingerprint density at radius 2 is 2.12 bits per heavy atom. The molecular formula is C12H17FN2O. The summed E-state index contributed by atoms with van der Waals surface area (Å²) >= 11 is 0. The fourth-order valence-electron chi connectivity index (χ4n) is 2.15. The first-order valence-electron chi connectivity index (χ1n) is 5.76. The minimum atomic E-state index is -0.692. The monoisotopic (exact) mass is 224 g/mol. The van der Waals surface area contributed by atoms with Crippen LogP contribution in [0.3, 0.4) is 0 Å². The summed E-state index contributed by atoms with van der Waals surface area (Å²) in [4.78, 5) is 3.90. The van der Waals surface area contributed by atoms with Crippen molar-refractivity contribution in [1.82, 2.24) is 4.98 Å². The van der Waals surface area contributed by atoms with E-state index < -0.39 is 5.60 Å². The molecule has 1 saturated carbocycles. The number of nitrogens with zero attached hydrogens (tertiary/aromatic N) is 1. The Morgan fingerprint density at radius 1 is 1.38 bits per heavy atom. The third-order valence-electron chi connectivity index (χ3n) is 3.13. The molecule has 88 valence electrons. The molecule has 0 aliphatic heterocycles. The molecule has 0 atom stereocenters. The van der Waals surface area contributed by atoms with E-state index in [-0.39, 0.29) is 11.6 Å². The topological polar surface area (TPSA) is 45.1 Å². The van der Waals surface area contributed by atoms with Gasteiger partial charge in [-0.05, 0) is 25.0 Å². The van der Waals surface area contributed by atoms with E-state index in [1.807, 2.05) is 0 Å². The Bertz CT molecular complexity index is 351. The number of anilines is 1. The molecule has 1 fully saturated rings. The highest BCUT2D eigenvalue weighted by atomic mass is 19.1. The predicted octanol–water partition coefficient (Wildman–Crippen LogP) is 2.33. The number of aliphatic hydroxyl groups is 1. The number of nitrogens with one attached hydrogen (secondary N) is 1. The van der Waals surface area contributed by atoms with Crippen LogP contribution in [-0.4, -0.2) is 22.2 Å². The van der Waals surface area contributed by atoms with Crippen LogP contribution in [0.25, 0.3) is 0 Å². The van der Waals surface area contributed by atoms with Gasteiger partial charge >= 0.3 is 0 Å². The number of aromatic nitrogens is 1. The van der Waals surface area contributed by atoms with Crippen LogP contribution in [0.2, 0.25) is 0 Å². The zero-order valence-electron chi connectivity index (χ0n) is 9.25. The van der Waals surface area contributed by atoms with Crippen molar-refractivity contribution in [3.63, 3.8) is 0 Å². The molecule has 2 rings (SSSR count). The standard InChI is InChI=1S/C12H17FN2O/c13-10-5-4-8-14-11(10)15-9-12(16)6-2-1-3-7-12/h4-5,8,16H,1-3,6-7,9H2,(H,14,15). The van der Waals surface area contributed by atoms with Crippen LogP contribution in [0.4, 0.5) is 10.2 Å². The van der Waals surface area contributed by atoms with E-state index in [2.05, 4.69) is 10.3 Å². The lowest BCUT2D eigenvalue weighted by Gasteiger charge is -2.32. The van der Waals surface area contributed by atoms with Crippen LogP contribution in [0.5, 0.6) is 0 Å². The molecule has 4 heteroatoms. The van der Waals surface area contributed by atoms with E-state index in [1.165, 1.54) is 18.7 Å². The fourth-order valence-corrected chi connectivity index (χ4v) is 2.15. The number of hydrogen-bond donors (Lipinski definition) is 2. The molecule has 0 aromatic carbocycles. The van der Waals surface area contributed by atoms with E-state index >= 15 is 0 Å². The lowest BCUT2D eigenvalue weighted by Crippen LogP contribution is -2.39. The van der Waals surface area contributed by atoms with Crippen molar-refractivity contribution in [2.45, 2.75) is 37.7 Å². The van der Waals surface area contributed by atoms with Crippen LogP contribution >= 0.6 is 0 Å². The molecule has 0 spiro atoms. The molecule has 0 amide bonds. The van der Waals surface area contributed by atoms with E-state index in [9.17, 15) is 9.50 Å². The minimum Gasteiger partial charge on any atom is -0.388 e. The Balaban J connectivity index is 1.94. The van der Waals surface area contributed by atoms with Gasteiger partial charge in [-0.25, -0.2) is 9.37 Å². The van der Waals surface area contributed by atoms with Gasteiger partial charge in [0, 0.05) is 12.7 Å². The minimum absolute atomic E-state index is 0.224. The maximum Gasteiger partial charge on any atom is 0.165 e. The number of hydrogen-bond acceptors (Lipinski definition) is 3. The second kappa shape index (κ2) is 4.78. The van der Waals surface area contributed by atoms with Gasteiger partial charge in [-0.1, -0.05) is 19.3 Å². The SMILES string of the molecule is OC1(CNc2ncccc2F)CCCCC1. The molecular weight excluding hydrogens is 207 g/mol. The summed E-state index contributed by atoms with van der Waals surface area (Å²) < 4.78 is 13.3. The zero-order valence-corrected chi connectivity index (χ0v) is 9.25. The molecule has 2 N–H and O–H groups in total. The first-order chi connectivity index (χ1) is 7.70. The van der Waals surface area contributed by atoms with Gasteiger partial charge in [-0.3, -0.25) is 0 Å². The van der Waals surface area contributed by atoms with Gasteiger partial charge in [0.15, 0.2) is 11.6 Å². The summed E-state index contributed by atoms with van der Waals surface area (Å²) in [6, 6.07) is 2.91. The van der Waals surface area contributed by atoms with Gasteiger partial charge in [-0.2, -0.15) is 0 Å². The first-order valence-corrected chi connectivity index (χ1v) is 5.76. The molecule has 0 bridgehead atoms. The summed E-state index contributed by atoms with van der Waals surface area (Å²) in [5.74, 6) is -0.150. The lowest BCUT2D eigenvalue weighted by atomic mass is 9.85. The Labute approximate surface area is 94.7 Å². The molecule has 0 radical (unpaired) electrons. The number of rotatable bonds is 3. The van der Waals surface area contributed by atoms with Gasteiger partial charge in [0.2, 0.25) is 0 Å². The zero-order chi connectivity index (χ0) is 11.4. The Morgan fingerprint density at radius 3 is 2.81 bits per heavy atom. The molecule has 1 aromatic heterocycles. The summed E-state index contributed by atoms with van der Waals surface area (Å²) in [5.41, 5.74) is -0.692. The van der Waals surface area contributed by atoms with Crippen molar-refractivity contribution in [2.75, 3.05) is 11.9 Å². The van der Waals surface area contributed by atoms with Crippen LogP contribution in [0.15, 0.2) is 18.3 Å². The normalized spacial score (nSPS) is 19.4. The molecule has 0 saturated heterocycles. The molecule has 1 heterocycles. The smallest absolute Gasteiger partial charge is 0.165 e. The van der Waals surface area contributed by atoms with Crippen molar-refractivity contribution in [3.05, 3.63) is 24.1 Å². The van der Waals surface area contributed by atoms with E-state index in [0.29, 0.717) is 6.54 Å². The average molecular weight is 224 g/mol. The third-order valence-corrected chi connectivity index (χ3v) is 3.13. The molecule has 1 aliphatic rings. The Hall–Kier alpha value is -1.16. The number of pyridine rings is 1. The molecule has 1 aliphatic carbocycles. The van der Waals surface area contributed by atoms with E-state index in [0.717, 1.165) is 25.7 Å².